The fourth-order valence-corrected chi connectivity index (χ4v) is 3.76. The summed E-state index contributed by atoms with van der Waals surface area (Å²) < 4.78 is 6.06. The van der Waals surface area contributed by atoms with Crippen molar-refractivity contribution >= 4 is 0 Å². The molecule has 1 fully saturated rings. The summed E-state index contributed by atoms with van der Waals surface area (Å²) in [5.74, 6) is 0.767. The number of unbranched alkanes of at least 4 members (excludes halogenated alkanes) is 8. The molecule has 0 aliphatic carbocycles. The normalized spacial score (nSPS) is 21.9. The number of aliphatic hydroxyl groups is 2. The molecule has 0 aromatic heterocycles. The second kappa shape index (κ2) is 14.2. The Balaban J connectivity index is 2.06. The molecule has 3 heteroatoms. The number of aliphatic hydroxyl groups excluding tert-OH is 1. The first kappa shape index (κ1) is 20.9. The van der Waals surface area contributed by atoms with Gasteiger partial charge < -0.3 is 14.9 Å². The summed E-state index contributed by atoms with van der Waals surface area (Å²) in [5.41, 5.74) is 0. The van der Waals surface area contributed by atoms with Gasteiger partial charge in [0.05, 0.1) is 6.10 Å². The molecule has 0 saturated carbocycles. The van der Waals surface area contributed by atoms with Crippen LogP contribution in [-0.4, -0.2) is 29.2 Å². The van der Waals surface area contributed by atoms with Gasteiger partial charge in [-0.1, -0.05) is 64.7 Å². The van der Waals surface area contributed by atoms with Crippen molar-refractivity contribution in [3.63, 3.8) is 0 Å². The van der Waals surface area contributed by atoms with E-state index < -0.39 is 6.29 Å². The second-order valence-electron chi connectivity index (χ2n) is 7.34. The highest BCUT2D eigenvalue weighted by atomic mass is 16.5. The summed E-state index contributed by atoms with van der Waals surface area (Å²) in [4.78, 5) is 0. The van der Waals surface area contributed by atoms with Gasteiger partial charge in [-0.2, -0.15) is 0 Å². The highest BCUT2D eigenvalue weighted by Gasteiger charge is 2.24. The molecule has 1 aliphatic rings. The van der Waals surface area contributed by atoms with Gasteiger partial charge in [0.25, 0.3) is 0 Å². The Labute approximate surface area is 143 Å². The summed E-state index contributed by atoms with van der Waals surface area (Å²) in [6, 6.07) is 0. The van der Waals surface area contributed by atoms with Gasteiger partial charge in [-0.05, 0) is 44.4 Å². The van der Waals surface area contributed by atoms with Crippen molar-refractivity contribution in [1.29, 1.82) is 0 Å². The third kappa shape index (κ3) is 11.1. The van der Waals surface area contributed by atoms with Crippen LogP contribution in [0.5, 0.6) is 0 Å². The van der Waals surface area contributed by atoms with Gasteiger partial charge in [0, 0.05) is 6.61 Å². The Bertz CT molecular complexity index is 255. The third-order valence-corrected chi connectivity index (χ3v) is 5.21. The van der Waals surface area contributed by atoms with E-state index in [0.717, 1.165) is 25.4 Å². The van der Waals surface area contributed by atoms with Crippen molar-refractivity contribution in [3.05, 3.63) is 0 Å². The van der Waals surface area contributed by atoms with Gasteiger partial charge in [0.1, 0.15) is 0 Å². The number of rotatable bonds is 14. The van der Waals surface area contributed by atoms with Crippen LogP contribution in [0.1, 0.15) is 103 Å². The highest BCUT2D eigenvalue weighted by Crippen LogP contribution is 2.29. The minimum Gasteiger partial charge on any atom is -0.378 e. The summed E-state index contributed by atoms with van der Waals surface area (Å²) in [6.07, 6.45) is 17.8. The maximum atomic E-state index is 8.84. The average Bonchev–Trinajstić information content (AvgIpc) is 2.55. The van der Waals surface area contributed by atoms with Crippen LogP contribution in [0.25, 0.3) is 0 Å². The third-order valence-electron chi connectivity index (χ3n) is 5.21. The van der Waals surface area contributed by atoms with Crippen molar-refractivity contribution in [2.45, 2.75) is 116 Å². The topological polar surface area (TPSA) is 49.7 Å². The summed E-state index contributed by atoms with van der Waals surface area (Å²) in [5, 5.41) is 17.7. The zero-order chi connectivity index (χ0) is 16.8. The SMILES string of the molecule is CCCCCCCC[C@H]1OCCC[C@@H]1CCCCCCC(O)O. The number of ether oxygens (including phenoxy) is 1. The maximum absolute atomic E-state index is 8.84. The van der Waals surface area contributed by atoms with E-state index >= 15 is 0 Å². The Morgan fingerprint density at radius 3 is 2.26 bits per heavy atom. The Hall–Kier alpha value is -0.120. The Morgan fingerprint density at radius 1 is 0.870 bits per heavy atom. The van der Waals surface area contributed by atoms with Crippen LogP contribution >= 0.6 is 0 Å². The molecule has 0 radical (unpaired) electrons. The van der Waals surface area contributed by atoms with Gasteiger partial charge >= 0.3 is 0 Å². The van der Waals surface area contributed by atoms with E-state index in [0.29, 0.717) is 12.5 Å². The lowest BCUT2D eigenvalue weighted by molar-refractivity contribution is -0.0467. The molecule has 0 aromatic rings. The van der Waals surface area contributed by atoms with E-state index in [1.54, 1.807) is 0 Å². The fraction of sp³-hybridized carbons (Fsp3) is 1.00. The Kier molecular flexibility index (Phi) is 13.0. The molecule has 2 atom stereocenters. The molecule has 23 heavy (non-hydrogen) atoms. The summed E-state index contributed by atoms with van der Waals surface area (Å²) in [6.45, 7) is 3.23. The molecule has 0 spiro atoms. The first-order valence-corrected chi connectivity index (χ1v) is 10.2. The van der Waals surface area contributed by atoms with Gasteiger partial charge in [0.15, 0.2) is 6.29 Å². The Morgan fingerprint density at radius 2 is 1.52 bits per heavy atom. The standard InChI is InChI=1S/C20H40O3/c1-2-3-4-5-6-10-15-19-18(14-12-17-23-19)13-9-7-8-11-16-20(21)22/h18-22H,2-17H2,1H3/t18-,19+/m0/s1. The van der Waals surface area contributed by atoms with E-state index in [4.69, 9.17) is 14.9 Å². The van der Waals surface area contributed by atoms with Crippen LogP contribution in [0.2, 0.25) is 0 Å². The van der Waals surface area contributed by atoms with Crippen molar-refractivity contribution in [2.75, 3.05) is 6.61 Å². The molecule has 0 unspecified atom stereocenters. The lowest BCUT2D eigenvalue weighted by atomic mass is 9.86. The molecular formula is C20H40O3. The predicted molar refractivity (Wildman–Crippen MR) is 96.4 cm³/mol. The van der Waals surface area contributed by atoms with E-state index in [-0.39, 0.29) is 0 Å². The van der Waals surface area contributed by atoms with Gasteiger partial charge in [-0.25, -0.2) is 0 Å². The van der Waals surface area contributed by atoms with Crippen molar-refractivity contribution in [3.8, 4) is 0 Å². The molecule has 1 aliphatic heterocycles. The van der Waals surface area contributed by atoms with Crippen LogP contribution in [0.4, 0.5) is 0 Å². The minimum absolute atomic E-state index is 0.509. The van der Waals surface area contributed by atoms with E-state index in [9.17, 15) is 0 Å². The zero-order valence-corrected chi connectivity index (χ0v) is 15.3. The minimum atomic E-state index is -1.12. The van der Waals surface area contributed by atoms with Gasteiger partial charge in [0.2, 0.25) is 0 Å². The first-order valence-electron chi connectivity index (χ1n) is 10.2. The zero-order valence-electron chi connectivity index (χ0n) is 15.3. The smallest absolute Gasteiger partial charge is 0.151 e. The summed E-state index contributed by atoms with van der Waals surface area (Å²) >= 11 is 0. The largest absolute Gasteiger partial charge is 0.378 e. The number of hydrogen-bond acceptors (Lipinski definition) is 3. The lowest BCUT2D eigenvalue weighted by Crippen LogP contribution is -2.29. The monoisotopic (exact) mass is 328 g/mol. The van der Waals surface area contributed by atoms with Gasteiger partial charge in [-0.15, -0.1) is 0 Å². The molecule has 0 bridgehead atoms. The first-order chi connectivity index (χ1) is 11.2. The molecule has 1 saturated heterocycles. The molecule has 1 rings (SSSR count). The van der Waals surface area contributed by atoms with Crippen LogP contribution in [0, 0.1) is 5.92 Å². The molecule has 138 valence electrons. The maximum Gasteiger partial charge on any atom is 0.151 e. The van der Waals surface area contributed by atoms with Crippen LogP contribution in [0.3, 0.4) is 0 Å². The molecule has 0 aromatic carbocycles. The van der Waals surface area contributed by atoms with Crippen LogP contribution < -0.4 is 0 Å². The fourth-order valence-electron chi connectivity index (χ4n) is 3.76. The van der Waals surface area contributed by atoms with E-state index in [1.807, 2.05) is 0 Å². The predicted octanol–water partition coefficient (Wildman–Crippen LogP) is 5.18. The lowest BCUT2D eigenvalue weighted by Gasteiger charge is -2.32. The molecule has 2 N–H and O–H groups in total. The average molecular weight is 329 g/mol. The molecule has 0 amide bonds. The summed E-state index contributed by atoms with van der Waals surface area (Å²) in [7, 11) is 0. The molecule has 1 heterocycles. The second-order valence-corrected chi connectivity index (χ2v) is 7.34. The van der Waals surface area contributed by atoms with E-state index in [1.165, 1.54) is 77.0 Å². The molecular weight excluding hydrogens is 288 g/mol. The van der Waals surface area contributed by atoms with Crippen molar-refractivity contribution < 1.29 is 14.9 Å². The van der Waals surface area contributed by atoms with Crippen LogP contribution in [-0.2, 0) is 4.74 Å². The quantitative estimate of drug-likeness (QED) is 0.341. The van der Waals surface area contributed by atoms with Crippen molar-refractivity contribution in [1.82, 2.24) is 0 Å². The number of hydrogen-bond donors (Lipinski definition) is 2. The van der Waals surface area contributed by atoms with Gasteiger partial charge in [-0.3, -0.25) is 0 Å². The van der Waals surface area contributed by atoms with E-state index in [2.05, 4.69) is 6.92 Å². The van der Waals surface area contributed by atoms with Crippen molar-refractivity contribution in [2.24, 2.45) is 5.92 Å². The molecule has 3 nitrogen and oxygen atoms in total. The van der Waals surface area contributed by atoms with Crippen LogP contribution in [0.15, 0.2) is 0 Å². The highest BCUT2D eigenvalue weighted by molar-refractivity contribution is 4.75.